The van der Waals surface area contributed by atoms with Crippen LogP contribution < -0.4 is 28.4 Å². The second kappa shape index (κ2) is 11.6. The average molecular weight is 529 g/mol. The first-order chi connectivity index (χ1) is 18.8. The Morgan fingerprint density at radius 2 is 0.615 bits per heavy atom. The summed E-state index contributed by atoms with van der Waals surface area (Å²) >= 11 is 0. The molecule has 0 spiro atoms. The van der Waals surface area contributed by atoms with Crippen LogP contribution in [-0.2, 0) is 0 Å². The molecule has 0 saturated carbocycles. The van der Waals surface area contributed by atoms with Gasteiger partial charge >= 0.3 is 0 Å². The lowest BCUT2D eigenvalue weighted by Crippen LogP contribution is -2.04. The van der Waals surface area contributed by atoms with E-state index in [1.807, 2.05) is 54.6 Å². The summed E-state index contributed by atoms with van der Waals surface area (Å²) < 4.78 is 34.0. The van der Waals surface area contributed by atoms with Gasteiger partial charge in [-0.2, -0.15) is 0 Å². The molecule has 0 aliphatic heterocycles. The van der Waals surface area contributed by atoms with Crippen molar-refractivity contribution in [2.45, 2.75) is 20.8 Å². The lowest BCUT2D eigenvalue weighted by atomic mass is 9.80. The van der Waals surface area contributed by atoms with E-state index in [1.54, 1.807) is 42.7 Å². The highest BCUT2D eigenvalue weighted by atomic mass is 16.5. The molecule has 4 aromatic carbocycles. The zero-order chi connectivity index (χ0) is 28.3. The molecule has 0 fully saturated rings. The van der Waals surface area contributed by atoms with Gasteiger partial charge in [0.15, 0.2) is 0 Å². The molecule has 4 aromatic rings. The van der Waals surface area contributed by atoms with Crippen molar-refractivity contribution in [3.8, 4) is 67.9 Å². The molecule has 39 heavy (non-hydrogen) atoms. The summed E-state index contributed by atoms with van der Waals surface area (Å²) in [6.07, 6.45) is 0. The van der Waals surface area contributed by atoms with Crippen LogP contribution in [-0.4, -0.2) is 42.7 Å². The van der Waals surface area contributed by atoms with Crippen molar-refractivity contribution in [3.05, 3.63) is 71.3 Å². The van der Waals surface area contributed by atoms with E-state index in [1.165, 1.54) is 0 Å². The molecule has 204 valence electrons. The van der Waals surface area contributed by atoms with Gasteiger partial charge in [-0.25, -0.2) is 0 Å². The first-order valence-corrected chi connectivity index (χ1v) is 12.6. The molecule has 0 aromatic heterocycles. The molecule has 0 atom stereocenters. The van der Waals surface area contributed by atoms with Crippen LogP contribution in [0.15, 0.2) is 54.6 Å². The monoisotopic (exact) mass is 528 g/mol. The second-order valence-electron chi connectivity index (χ2n) is 9.20. The Morgan fingerprint density at radius 1 is 0.359 bits per heavy atom. The minimum atomic E-state index is 0.727. The molecule has 6 nitrogen and oxygen atoms in total. The van der Waals surface area contributed by atoms with E-state index in [4.69, 9.17) is 28.4 Å². The Kier molecular flexibility index (Phi) is 8.24. The maximum absolute atomic E-state index is 5.86. The molecule has 0 aliphatic carbocycles. The van der Waals surface area contributed by atoms with Gasteiger partial charge in [0.05, 0.1) is 42.7 Å². The van der Waals surface area contributed by atoms with E-state index in [9.17, 15) is 0 Å². The van der Waals surface area contributed by atoms with E-state index in [-0.39, 0.29) is 0 Å². The van der Waals surface area contributed by atoms with Gasteiger partial charge in [-0.3, -0.25) is 0 Å². The molecule has 0 N–H and O–H groups in total. The van der Waals surface area contributed by atoms with Crippen molar-refractivity contribution in [2.24, 2.45) is 0 Å². The van der Waals surface area contributed by atoms with Crippen LogP contribution in [0.4, 0.5) is 0 Å². The van der Waals surface area contributed by atoms with Crippen molar-refractivity contribution in [3.63, 3.8) is 0 Å². The zero-order valence-electron chi connectivity index (χ0n) is 24.1. The Morgan fingerprint density at radius 3 is 0.821 bits per heavy atom. The van der Waals surface area contributed by atoms with Crippen LogP contribution in [0.2, 0.25) is 0 Å². The standard InChI is InChI=1S/C33H36O6/c1-19-31(25-13-10-22(34-4)16-28(25)37-7)20(2)33(27-15-12-24(36-6)18-30(27)39-9)21(3)32(19)26-14-11-23(35-5)17-29(26)38-8/h10-18H,1-9H3. The maximum atomic E-state index is 5.86. The SMILES string of the molecule is COc1ccc(-c2c(C)c(-c3ccc(OC)cc3OC)c(C)c(-c3ccc(OC)cc3OC)c2C)c(OC)c1. The largest absolute Gasteiger partial charge is 0.497 e. The molecule has 0 radical (unpaired) electrons. The summed E-state index contributed by atoms with van der Waals surface area (Å²) in [5, 5.41) is 0. The summed E-state index contributed by atoms with van der Waals surface area (Å²) in [6, 6.07) is 17.7. The lowest BCUT2D eigenvalue weighted by molar-refractivity contribution is 0.395. The highest BCUT2D eigenvalue weighted by Gasteiger charge is 2.25. The van der Waals surface area contributed by atoms with Crippen LogP contribution in [0.25, 0.3) is 33.4 Å². The Bertz CT molecular complexity index is 1300. The minimum absolute atomic E-state index is 0.727. The molecular weight excluding hydrogens is 492 g/mol. The number of benzene rings is 4. The van der Waals surface area contributed by atoms with E-state index in [2.05, 4.69) is 20.8 Å². The molecule has 4 rings (SSSR count). The first kappa shape index (κ1) is 27.7. The average Bonchev–Trinajstić information content (AvgIpc) is 2.97. The molecule has 0 bridgehead atoms. The summed E-state index contributed by atoms with van der Waals surface area (Å²) in [5.74, 6) is 4.37. The molecule has 0 heterocycles. The van der Waals surface area contributed by atoms with Gasteiger partial charge in [-0.1, -0.05) is 0 Å². The number of rotatable bonds is 9. The second-order valence-corrected chi connectivity index (χ2v) is 9.20. The number of hydrogen-bond donors (Lipinski definition) is 0. The van der Waals surface area contributed by atoms with Crippen molar-refractivity contribution in [2.75, 3.05) is 42.7 Å². The summed E-state index contributed by atoms with van der Waals surface area (Å²) in [7, 11) is 9.99. The van der Waals surface area contributed by atoms with Crippen LogP contribution in [0.3, 0.4) is 0 Å². The van der Waals surface area contributed by atoms with E-state index in [0.717, 1.165) is 84.6 Å². The van der Waals surface area contributed by atoms with Gasteiger partial charge in [-0.05, 0) is 90.6 Å². The third-order valence-electron chi connectivity index (χ3n) is 7.28. The maximum Gasteiger partial charge on any atom is 0.130 e. The van der Waals surface area contributed by atoms with Crippen molar-refractivity contribution in [1.29, 1.82) is 0 Å². The van der Waals surface area contributed by atoms with Crippen molar-refractivity contribution < 1.29 is 28.4 Å². The van der Waals surface area contributed by atoms with Crippen molar-refractivity contribution >= 4 is 0 Å². The van der Waals surface area contributed by atoms with Crippen molar-refractivity contribution in [1.82, 2.24) is 0 Å². The fraction of sp³-hybridized carbons (Fsp3) is 0.273. The molecular formula is C33H36O6. The number of ether oxygens (including phenoxy) is 6. The highest BCUT2D eigenvalue weighted by molar-refractivity contribution is 5.95. The van der Waals surface area contributed by atoms with Crippen LogP contribution in [0.5, 0.6) is 34.5 Å². The number of hydrogen-bond acceptors (Lipinski definition) is 6. The van der Waals surface area contributed by atoms with Gasteiger partial charge in [0, 0.05) is 34.9 Å². The van der Waals surface area contributed by atoms with Crippen LogP contribution in [0.1, 0.15) is 16.7 Å². The molecule has 0 amide bonds. The predicted molar refractivity (Wildman–Crippen MR) is 156 cm³/mol. The summed E-state index contributed by atoms with van der Waals surface area (Å²) in [5.41, 5.74) is 9.43. The van der Waals surface area contributed by atoms with Crippen LogP contribution in [0, 0.1) is 20.8 Å². The van der Waals surface area contributed by atoms with Gasteiger partial charge in [-0.15, -0.1) is 0 Å². The Labute approximate surface area is 231 Å². The molecule has 0 unspecified atom stereocenters. The van der Waals surface area contributed by atoms with Gasteiger partial charge in [0.1, 0.15) is 34.5 Å². The predicted octanol–water partition coefficient (Wildman–Crippen LogP) is 7.66. The fourth-order valence-electron chi connectivity index (χ4n) is 5.45. The zero-order valence-corrected chi connectivity index (χ0v) is 24.1. The molecule has 6 heteroatoms. The van der Waals surface area contributed by atoms with Gasteiger partial charge in [0.2, 0.25) is 0 Å². The van der Waals surface area contributed by atoms with E-state index in [0.29, 0.717) is 0 Å². The highest BCUT2D eigenvalue weighted by Crippen LogP contribution is 2.50. The van der Waals surface area contributed by atoms with Gasteiger partial charge < -0.3 is 28.4 Å². The fourth-order valence-corrected chi connectivity index (χ4v) is 5.45. The third-order valence-corrected chi connectivity index (χ3v) is 7.28. The first-order valence-electron chi connectivity index (χ1n) is 12.6. The third kappa shape index (κ3) is 4.94. The Balaban J connectivity index is 2.17. The van der Waals surface area contributed by atoms with E-state index < -0.39 is 0 Å². The lowest BCUT2D eigenvalue weighted by Gasteiger charge is -2.26. The Hall–Kier alpha value is -4.32. The quantitative estimate of drug-likeness (QED) is 0.222. The summed E-state index contributed by atoms with van der Waals surface area (Å²) in [6.45, 7) is 6.44. The molecule has 0 aliphatic rings. The van der Waals surface area contributed by atoms with Crippen LogP contribution >= 0.6 is 0 Å². The number of methoxy groups -OCH3 is 6. The van der Waals surface area contributed by atoms with Gasteiger partial charge in [0.25, 0.3) is 0 Å². The summed E-state index contributed by atoms with van der Waals surface area (Å²) in [4.78, 5) is 0. The smallest absolute Gasteiger partial charge is 0.130 e. The molecule has 0 saturated heterocycles. The topological polar surface area (TPSA) is 55.4 Å². The minimum Gasteiger partial charge on any atom is -0.497 e. The van der Waals surface area contributed by atoms with E-state index >= 15 is 0 Å². The normalized spacial score (nSPS) is 10.7.